The number of aryl methyl sites for hydroxylation is 1. The first-order chi connectivity index (χ1) is 11.3. The number of esters is 1. The van der Waals surface area contributed by atoms with Crippen molar-refractivity contribution in [2.75, 3.05) is 0 Å². The number of sulfonamides is 1. The topological polar surface area (TPSA) is 98.8 Å². The molecule has 0 bridgehead atoms. The van der Waals surface area contributed by atoms with Crippen molar-refractivity contribution in [1.29, 1.82) is 0 Å². The number of amides is 1. The van der Waals surface area contributed by atoms with Gasteiger partial charge in [0, 0.05) is 6.92 Å². The van der Waals surface area contributed by atoms with Gasteiger partial charge in [-0.3, -0.25) is 4.79 Å². The van der Waals surface area contributed by atoms with E-state index in [1.807, 2.05) is 11.6 Å². The lowest BCUT2D eigenvalue weighted by Crippen LogP contribution is -2.41. The van der Waals surface area contributed by atoms with Gasteiger partial charge in [-0.25, -0.2) is 17.9 Å². The third-order valence-corrected chi connectivity index (χ3v) is 5.09. The molecule has 2 atom stereocenters. The van der Waals surface area contributed by atoms with Crippen molar-refractivity contribution in [3.8, 4) is 0 Å². The Morgan fingerprint density at radius 1 is 1.04 bits per heavy atom. The van der Waals surface area contributed by atoms with Crippen molar-refractivity contribution < 1.29 is 27.5 Å². The van der Waals surface area contributed by atoms with E-state index in [1.54, 1.807) is 12.1 Å². The Morgan fingerprint density at radius 2 is 1.58 bits per heavy atom. The van der Waals surface area contributed by atoms with Crippen LogP contribution >= 0.6 is 0 Å². The number of benzene rings is 1. The molecule has 0 radical (unpaired) electrons. The number of hydrogen-bond donors (Lipinski definition) is 1. The van der Waals surface area contributed by atoms with Gasteiger partial charge in [-0.05, 0) is 44.7 Å². The minimum absolute atomic E-state index is 0.0229. The van der Waals surface area contributed by atoms with Gasteiger partial charge >= 0.3 is 12.1 Å². The monoisotopic (exact) mass is 355 g/mol. The van der Waals surface area contributed by atoms with E-state index in [4.69, 9.17) is 9.47 Å². The number of nitrogens with one attached hydrogen (secondary N) is 1. The third-order valence-electron chi connectivity index (χ3n) is 3.77. The Labute approximate surface area is 141 Å². The molecule has 0 heterocycles. The molecule has 132 valence electrons. The predicted octanol–water partition coefficient (Wildman–Crippen LogP) is 2.28. The van der Waals surface area contributed by atoms with Crippen LogP contribution in [0.15, 0.2) is 29.2 Å². The summed E-state index contributed by atoms with van der Waals surface area (Å²) in [6.07, 6.45) is 0.541. The molecule has 1 N–H and O–H groups in total. The van der Waals surface area contributed by atoms with Crippen LogP contribution in [-0.2, 0) is 24.3 Å². The van der Waals surface area contributed by atoms with Crippen LogP contribution in [0.3, 0.4) is 0 Å². The molecule has 2 rings (SSSR count). The SMILES string of the molecule is CC(=O)O[C@H]1CCCC[C@H]1OC(=O)NS(=O)(=O)c1ccc(C)cc1. The second-order valence-corrected chi connectivity index (χ2v) is 7.48. The van der Waals surface area contributed by atoms with E-state index in [-0.39, 0.29) is 4.90 Å². The fourth-order valence-corrected chi connectivity index (χ4v) is 3.47. The van der Waals surface area contributed by atoms with Gasteiger partial charge < -0.3 is 9.47 Å². The summed E-state index contributed by atoms with van der Waals surface area (Å²) in [4.78, 5) is 23.0. The summed E-state index contributed by atoms with van der Waals surface area (Å²) in [5.41, 5.74) is 0.906. The Balaban J connectivity index is 2.00. The maximum Gasteiger partial charge on any atom is 0.421 e. The molecule has 0 unspecified atom stereocenters. The van der Waals surface area contributed by atoms with Crippen LogP contribution in [0.4, 0.5) is 4.79 Å². The molecule has 0 spiro atoms. The molecular weight excluding hydrogens is 334 g/mol. The van der Waals surface area contributed by atoms with Crippen LogP contribution in [-0.4, -0.2) is 32.7 Å². The molecule has 0 aromatic heterocycles. The molecule has 7 nitrogen and oxygen atoms in total. The first-order valence-electron chi connectivity index (χ1n) is 7.75. The Morgan fingerprint density at radius 3 is 2.12 bits per heavy atom. The summed E-state index contributed by atoms with van der Waals surface area (Å²) in [5.74, 6) is -0.455. The van der Waals surface area contributed by atoms with Crippen molar-refractivity contribution in [2.45, 2.75) is 56.6 Å². The van der Waals surface area contributed by atoms with Crippen LogP contribution < -0.4 is 4.72 Å². The summed E-state index contributed by atoms with van der Waals surface area (Å²) >= 11 is 0. The van der Waals surface area contributed by atoms with Crippen molar-refractivity contribution >= 4 is 22.1 Å². The van der Waals surface area contributed by atoms with Gasteiger partial charge in [-0.2, -0.15) is 0 Å². The third kappa shape index (κ3) is 4.95. The molecule has 1 aromatic carbocycles. The minimum Gasteiger partial charge on any atom is -0.459 e. The average Bonchev–Trinajstić information content (AvgIpc) is 2.48. The van der Waals surface area contributed by atoms with Gasteiger partial charge in [0.15, 0.2) is 0 Å². The van der Waals surface area contributed by atoms with Crippen LogP contribution in [0, 0.1) is 6.92 Å². The van der Waals surface area contributed by atoms with Crippen LogP contribution in [0.5, 0.6) is 0 Å². The van der Waals surface area contributed by atoms with Crippen molar-refractivity contribution in [3.63, 3.8) is 0 Å². The molecule has 1 aliphatic carbocycles. The van der Waals surface area contributed by atoms with E-state index in [9.17, 15) is 18.0 Å². The lowest BCUT2D eigenvalue weighted by Gasteiger charge is -2.30. The number of ether oxygens (including phenoxy) is 2. The lowest BCUT2D eigenvalue weighted by atomic mass is 9.94. The van der Waals surface area contributed by atoms with Gasteiger partial charge in [-0.1, -0.05) is 17.7 Å². The van der Waals surface area contributed by atoms with Crippen LogP contribution in [0.2, 0.25) is 0 Å². The van der Waals surface area contributed by atoms with Crippen LogP contribution in [0.1, 0.15) is 38.2 Å². The zero-order valence-corrected chi connectivity index (χ0v) is 14.5. The highest BCUT2D eigenvalue weighted by Gasteiger charge is 2.32. The molecule has 0 aliphatic heterocycles. The molecule has 1 aliphatic rings. The van der Waals surface area contributed by atoms with Gasteiger partial charge in [0.2, 0.25) is 0 Å². The number of rotatable bonds is 4. The molecule has 0 saturated heterocycles. The Bertz CT molecular complexity index is 698. The molecule has 1 fully saturated rings. The highest BCUT2D eigenvalue weighted by molar-refractivity contribution is 7.90. The lowest BCUT2D eigenvalue weighted by molar-refractivity contribution is -0.154. The minimum atomic E-state index is -4.00. The molecule has 8 heteroatoms. The van der Waals surface area contributed by atoms with Gasteiger partial charge in [0.25, 0.3) is 10.0 Å². The summed E-state index contributed by atoms with van der Waals surface area (Å²) in [5, 5.41) is 0. The van der Waals surface area contributed by atoms with E-state index in [1.165, 1.54) is 19.1 Å². The Kier molecular flexibility index (Phi) is 5.82. The first kappa shape index (κ1) is 18.3. The maximum atomic E-state index is 12.2. The standard InChI is InChI=1S/C16H21NO6S/c1-11-7-9-13(10-8-11)24(20,21)17-16(19)23-15-6-4-3-5-14(15)22-12(2)18/h7-10,14-15H,3-6H2,1-2H3,(H,17,19)/t14-,15+/m0/s1. The van der Waals surface area contributed by atoms with Gasteiger partial charge in [0.05, 0.1) is 4.90 Å². The largest absolute Gasteiger partial charge is 0.459 e. The molecule has 1 amide bonds. The predicted molar refractivity (Wildman–Crippen MR) is 85.8 cm³/mol. The number of carbonyl (C=O) groups excluding carboxylic acids is 2. The second kappa shape index (κ2) is 7.65. The zero-order valence-electron chi connectivity index (χ0n) is 13.7. The molecular formula is C16H21NO6S. The smallest absolute Gasteiger partial charge is 0.421 e. The highest BCUT2D eigenvalue weighted by Crippen LogP contribution is 2.24. The second-order valence-electron chi connectivity index (χ2n) is 5.79. The average molecular weight is 355 g/mol. The normalized spacial score (nSPS) is 20.9. The Hall–Kier alpha value is -2.09. The van der Waals surface area contributed by atoms with Crippen LogP contribution in [0.25, 0.3) is 0 Å². The molecule has 24 heavy (non-hydrogen) atoms. The van der Waals surface area contributed by atoms with E-state index in [0.717, 1.165) is 18.4 Å². The van der Waals surface area contributed by atoms with Crippen molar-refractivity contribution in [2.24, 2.45) is 0 Å². The fraction of sp³-hybridized carbons (Fsp3) is 0.500. The summed E-state index contributed by atoms with van der Waals surface area (Å²) in [7, 11) is -4.00. The molecule has 1 saturated carbocycles. The number of carbonyl (C=O) groups is 2. The summed E-state index contributed by atoms with van der Waals surface area (Å²) < 4.78 is 36.5. The van der Waals surface area contributed by atoms with Crippen molar-refractivity contribution in [1.82, 2.24) is 4.72 Å². The highest BCUT2D eigenvalue weighted by atomic mass is 32.2. The van der Waals surface area contributed by atoms with E-state index in [0.29, 0.717) is 12.8 Å². The van der Waals surface area contributed by atoms with E-state index >= 15 is 0 Å². The maximum absolute atomic E-state index is 12.2. The zero-order chi connectivity index (χ0) is 17.7. The van der Waals surface area contributed by atoms with Gasteiger partial charge in [0.1, 0.15) is 12.2 Å². The van der Waals surface area contributed by atoms with E-state index < -0.39 is 34.3 Å². The van der Waals surface area contributed by atoms with E-state index in [2.05, 4.69) is 0 Å². The summed E-state index contributed by atoms with van der Waals surface area (Å²) in [6, 6.07) is 6.09. The number of hydrogen-bond acceptors (Lipinski definition) is 6. The van der Waals surface area contributed by atoms with Gasteiger partial charge in [-0.15, -0.1) is 0 Å². The molecule has 1 aromatic rings. The fourth-order valence-electron chi connectivity index (χ4n) is 2.59. The first-order valence-corrected chi connectivity index (χ1v) is 9.23. The van der Waals surface area contributed by atoms with Crippen molar-refractivity contribution in [3.05, 3.63) is 29.8 Å². The quantitative estimate of drug-likeness (QED) is 0.832. The summed E-state index contributed by atoms with van der Waals surface area (Å²) in [6.45, 7) is 3.11.